The molecule has 2 aromatic heterocycles. The van der Waals surface area contributed by atoms with Gasteiger partial charge in [0.25, 0.3) is 0 Å². The van der Waals surface area contributed by atoms with Gasteiger partial charge in [-0.2, -0.15) is 9.61 Å². The summed E-state index contributed by atoms with van der Waals surface area (Å²) in [5.41, 5.74) is 2.00. The van der Waals surface area contributed by atoms with Gasteiger partial charge in [-0.3, -0.25) is 0 Å². The number of hydrogen-bond donors (Lipinski definition) is 1. The first kappa shape index (κ1) is 14.1. The average Bonchev–Trinajstić information content (AvgIpc) is 3.00. The van der Waals surface area contributed by atoms with Gasteiger partial charge in [0.05, 0.1) is 11.4 Å². The third-order valence-electron chi connectivity index (χ3n) is 3.13. The molecule has 0 fully saturated rings. The predicted octanol–water partition coefficient (Wildman–Crippen LogP) is 1.28. The number of aromatic nitrogens is 4. The van der Waals surface area contributed by atoms with Gasteiger partial charge in [0.2, 0.25) is 15.0 Å². The van der Waals surface area contributed by atoms with Gasteiger partial charge in [-0.15, -0.1) is 10.2 Å². The second kappa shape index (κ2) is 5.17. The van der Waals surface area contributed by atoms with Crippen LogP contribution in [0.25, 0.3) is 4.96 Å². The van der Waals surface area contributed by atoms with Crippen LogP contribution in [0.15, 0.2) is 29.4 Å². The number of benzene rings is 1. The maximum absolute atomic E-state index is 12.3. The topological polar surface area (TPSA) is 89.2 Å². The zero-order valence-electron chi connectivity index (χ0n) is 11.4. The lowest BCUT2D eigenvalue weighted by molar-refractivity contribution is 0.580. The first-order valence-corrected chi connectivity index (χ1v) is 8.48. The third kappa shape index (κ3) is 2.80. The largest absolute Gasteiger partial charge is 0.240 e. The lowest BCUT2D eigenvalue weighted by Gasteiger charge is -2.07. The minimum absolute atomic E-state index is 0.128. The lowest BCUT2D eigenvalue weighted by Crippen LogP contribution is -2.23. The monoisotopic (exact) mass is 323 g/mol. The number of sulfonamides is 1. The number of fused-ring (bicyclic) bond motifs is 1. The predicted molar refractivity (Wildman–Crippen MR) is 78.6 cm³/mol. The van der Waals surface area contributed by atoms with Crippen molar-refractivity contribution in [2.24, 2.45) is 0 Å². The van der Waals surface area contributed by atoms with Crippen molar-refractivity contribution >= 4 is 26.3 Å². The summed E-state index contributed by atoms with van der Waals surface area (Å²) < 4.78 is 28.6. The molecule has 3 rings (SSSR count). The van der Waals surface area contributed by atoms with Gasteiger partial charge in [-0.05, 0) is 37.1 Å². The van der Waals surface area contributed by atoms with E-state index in [-0.39, 0.29) is 11.4 Å². The molecule has 7 nitrogen and oxygen atoms in total. The molecule has 0 saturated carbocycles. The molecule has 1 N–H and O–H groups in total. The minimum Gasteiger partial charge on any atom is -0.207 e. The van der Waals surface area contributed by atoms with Crippen LogP contribution >= 0.6 is 11.3 Å². The molecule has 0 saturated heterocycles. The number of rotatable bonds is 4. The molecular formula is C12H13N5O2S2. The van der Waals surface area contributed by atoms with Crippen LogP contribution in [0.2, 0.25) is 0 Å². The number of aryl methyl sites for hydroxylation is 2. The highest BCUT2D eigenvalue weighted by Crippen LogP contribution is 2.16. The molecule has 0 aliphatic rings. The number of hydrogen-bond acceptors (Lipinski definition) is 6. The van der Waals surface area contributed by atoms with Crippen molar-refractivity contribution in [1.29, 1.82) is 0 Å². The molecule has 3 aromatic rings. The van der Waals surface area contributed by atoms with Crippen LogP contribution in [-0.4, -0.2) is 28.2 Å². The molecule has 9 heteroatoms. The van der Waals surface area contributed by atoms with E-state index in [1.54, 1.807) is 18.2 Å². The second-order valence-corrected chi connectivity index (χ2v) is 7.43. The Hall–Kier alpha value is -1.84. The summed E-state index contributed by atoms with van der Waals surface area (Å²) in [6.45, 7) is 3.96. The molecule has 0 radical (unpaired) electrons. The van der Waals surface area contributed by atoms with Crippen molar-refractivity contribution in [3.05, 3.63) is 40.7 Å². The molecule has 0 aliphatic carbocycles. The molecule has 110 valence electrons. The van der Waals surface area contributed by atoms with Gasteiger partial charge in [-0.1, -0.05) is 17.4 Å². The molecule has 0 atom stereocenters. The van der Waals surface area contributed by atoms with Gasteiger partial charge in [0.1, 0.15) is 11.3 Å². The van der Waals surface area contributed by atoms with Gasteiger partial charge < -0.3 is 0 Å². The Kier molecular flexibility index (Phi) is 3.47. The zero-order chi connectivity index (χ0) is 15.0. The maximum atomic E-state index is 12.3. The van der Waals surface area contributed by atoms with Crippen molar-refractivity contribution in [2.75, 3.05) is 0 Å². The van der Waals surface area contributed by atoms with Crippen molar-refractivity contribution in [1.82, 2.24) is 24.5 Å². The van der Waals surface area contributed by atoms with Gasteiger partial charge in [-0.25, -0.2) is 13.1 Å². The summed E-state index contributed by atoms with van der Waals surface area (Å²) in [4.78, 5) is 0.893. The van der Waals surface area contributed by atoms with Crippen molar-refractivity contribution < 1.29 is 8.42 Å². The van der Waals surface area contributed by atoms with Crippen LogP contribution in [0, 0.1) is 13.8 Å². The minimum atomic E-state index is -3.55. The average molecular weight is 323 g/mol. The second-order valence-electron chi connectivity index (χ2n) is 4.62. The Bertz CT molecular complexity index is 869. The smallest absolute Gasteiger partial charge is 0.207 e. The Balaban J connectivity index is 1.79. The highest BCUT2D eigenvalue weighted by Gasteiger charge is 2.16. The van der Waals surface area contributed by atoms with Gasteiger partial charge in [0, 0.05) is 0 Å². The molecule has 1 aromatic carbocycles. The quantitative estimate of drug-likeness (QED) is 0.781. The Labute approximate surface area is 125 Å². The molecule has 0 unspecified atom stereocenters. The SMILES string of the molecule is Cc1ccc(S(=O)(=O)NCc2nn3cnnc3s2)cc1C. The Morgan fingerprint density at radius 2 is 2.10 bits per heavy atom. The normalized spacial score (nSPS) is 12.1. The fourth-order valence-electron chi connectivity index (χ4n) is 1.79. The van der Waals surface area contributed by atoms with E-state index in [0.29, 0.717) is 9.97 Å². The van der Waals surface area contributed by atoms with Crippen LogP contribution in [0.1, 0.15) is 16.1 Å². The summed E-state index contributed by atoms with van der Waals surface area (Å²) in [6, 6.07) is 5.06. The van der Waals surface area contributed by atoms with Crippen molar-refractivity contribution in [3.63, 3.8) is 0 Å². The van der Waals surface area contributed by atoms with Gasteiger partial charge in [0.15, 0.2) is 0 Å². The third-order valence-corrected chi connectivity index (χ3v) is 5.44. The van der Waals surface area contributed by atoms with E-state index < -0.39 is 10.0 Å². The summed E-state index contributed by atoms with van der Waals surface area (Å²) in [6.07, 6.45) is 1.48. The molecular weight excluding hydrogens is 310 g/mol. The van der Waals surface area contributed by atoms with E-state index in [1.165, 1.54) is 22.2 Å². The zero-order valence-corrected chi connectivity index (χ0v) is 13.1. The van der Waals surface area contributed by atoms with E-state index in [0.717, 1.165) is 11.1 Å². The Morgan fingerprint density at radius 3 is 2.81 bits per heavy atom. The van der Waals surface area contributed by atoms with Crippen LogP contribution in [-0.2, 0) is 16.6 Å². The van der Waals surface area contributed by atoms with Crippen molar-refractivity contribution in [2.45, 2.75) is 25.3 Å². The van der Waals surface area contributed by atoms with Gasteiger partial charge >= 0.3 is 0 Å². The van der Waals surface area contributed by atoms with Crippen LogP contribution in [0.3, 0.4) is 0 Å². The van der Waals surface area contributed by atoms with E-state index in [1.807, 2.05) is 13.8 Å². The van der Waals surface area contributed by atoms with Crippen LogP contribution in [0.5, 0.6) is 0 Å². The summed E-state index contributed by atoms with van der Waals surface area (Å²) >= 11 is 1.30. The van der Waals surface area contributed by atoms with Crippen LogP contribution < -0.4 is 4.72 Å². The van der Waals surface area contributed by atoms with Crippen molar-refractivity contribution in [3.8, 4) is 0 Å². The lowest BCUT2D eigenvalue weighted by atomic mass is 10.1. The molecule has 0 amide bonds. The molecule has 0 spiro atoms. The summed E-state index contributed by atoms with van der Waals surface area (Å²) in [7, 11) is -3.55. The number of nitrogens with zero attached hydrogens (tertiary/aromatic N) is 4. The first-order chi connectivity index (χ1) is 9.95. The molecule has 2 heterocycles. The number of nitrogens with one attached hydrogen (secondary N) is 1. The molecule has 0 aliphatic heterocycles. The van der Waals surface area contributed by atoms with E-state index >= 15 is 0 Å². The fourth-order valence-corrected chi connectivity index (χ4v) is 3.71. The summed E-state index contributed by atoms with van der Waals surface area (Å²) in [5.74, 6) is 0. The summed E-state index contributed by atoms with van der Waals surface area (Å²) in [5, 5.41) is 12.4. The van der Waals surface area contributed by atoms with E-state index in [9.17, 15) is 8.42 Å². The molecule has 0 bridgehead atoms. The van der Waals surface area contributed by atoms with E-state index in [2.05, 4.69) is 20.0 Å². The molecule has 21 heavy (non-hydrogen) atoms. The highest BCUT2D eigenvalue weighted by atomic mass is 32.2. The van der Waals surface area contributed by atoms with E-state index in [4.69, 9.17) is 0 Å². The Morgan fingerprint density at radius 1 is 1.29 bits per heavy atom. The van der Waals surface area contributed by atoms with Crippen LogP contribution in [0.4, 0.5) is 0 Å². The fraction of sp³-hybridized carbons (Fsp3) is 0.250. The standard InChI is InChI=1S/C12H13N5O2S2/c1-8-3-4-10(5-9(8)2)21(18,19)14-6-11-16-17-7-13-15-12(17)20-11/h3-5,7,14H,6H2,1-2H3. The highest BCUT2D eigenvalue weighted by molar-refractivity contribution is 7.89. The first-order valence-electron chi connectivity index (χ1n) is 6.18. The maximum Gasteiger partial charge on any atom is 0.240 e.